The Bertz CT molecular complexity index is 702. The number of hydrogen-bond donors (Lipinski definition) is 2. The Labute approximate surface area is 145 Å². The first-order chi connectivity index (χ1) is 11.6. The maximum atomic E-state index is 12.3. The first-order valence-electron chi connectivity index (χ1n) is 8.28. The highest BCUT2D eigenvalue weighted by atomic mass is 32.1. The molecular weight excluding hydrogens is 322 g/mol. The zero-order valence-corrected chi connectivity index (χ0v) is 14.2. The van der Waals surface area contributed by atoms with Crippen LogP contribution in [0.2, 0.25) is 0 Å². The highest BCUT2D eigenvalue weighted by Crippen LogP contribution is 2.35. The molecule has 3 rings (SSSR count). The molecule has 0 saturated heterocycles. The second-order valence-electron chi connectivity index (χ2n) is 6.25. The van der Waals surface area contributed by atoms with Crippen molar-refractivity contribution in [2.45, 2.75) is 38.1 Å². The van der Waals surface area contributed by atoms with E-state index in [1.165, 1.54) is 16.9 Å². The molecule has 0 atom stereocenters. The van der Waals surface area contributed by atoms with Crippen molar-refractivity contribution in [3.63, 3.8) is 0 Å². The molecule has 126 valence electrons. The molecule has 0 radical (unpaired) electrons. The fourth-order valence-electron chi connectivity index (χ4n) is 3.32. The van der Waals surface area contributed by atoms with Gasteiger partial charge in [-0.15, -0.1) is 11.3 Å². The summed E-state index contributed by atoms with van der Waals surface area (Å²) in [5.41, 5.74) is 1.37. The SMILES string of the molecule is O=C(O)c1ccc(CNC(=O)C2CCC(c3ccccc3)CC2)s1. The van der Waals surface area contributed by atoms with E-state index in [2.05, 4.69) is 29.6 Å². The van der Waals surface area contributed by atoms with Crippen LogP contribution in [0.15, 0.2) is 42.5 Å². The van der Waals surface area contributed by atoms with Crippen LogP contribution in [0.3, 0.4) is 0 Å². The molecule has 1 saturated carbocycles. The summed E-state index contributed by atoms with van der Waals surface area (Å²) in [7, 11) is 0. The predicted molar refractivity (Wildman–Crippen MR) is 94.3 cm³/mol. The fraction of sp³-hybridized carbons (Fsp3) is 0.368. The van der Waals surface area contributed by atoms with Gasteiger partial charge in [-0.3, -0.25) is 4.79 Å². The predicted octanol–water partition coefficient (Wildman–Crippen LogP) is 4.04. The number of rotatable bonds is 5. The van der Waals surface area contributed by atoms with Gasteiger partial charge >= 0.3 is 5.97 Å². The second kappa shape index (κ2) is 7.62. The zero-order valence-electron chi connectivity index (χ0n) is 13.4. The van der Waals surface area contributed by atoms with Crippen molar-refractivity contribution >= 4 is 23.2 Å². The summed E-state index contributed by atoms with van der Waals surface area (Å²) >= 11 is 1.21. The summed E-state index contributed by atoms with van der Waals surface area (Å²) in [6.45, 7) is 0.412. The molecule has 1 aliphatic carbocycles. The standard InChI is InChI=1S/C19H21NO3S/c21-18(20-12-16-10-11-17(24-16)19(22)23)15-8-6-14(7-9-15)13-4-2-1-3-5-13/h1-5,10-11,14-15H,6-9,12H2,(H,20,21)(H,22,23). The van der Waals surface area contributed by atoms with Crippen LogP contribution in [0.4, 0.5) is 0 Å². The van der Waals surface area contributed by atoms with Gasteiger partial charge in [0.1, 0.15) is 4.88 Å². The summed E-state index contributed by atoms with van der Waals surface area (Å²) in [4.78, 5) is 24.4. The first-order valence-corrected chi connectivity index (χ1v) is 9.10. The Morgan fingerprint density at radius 1 is 1.04 bits per heavy atom. The van der Waals surface area contributed by atoms with Gasteiger partial charge in [0.05, 0.1) is 6.54 Å². The van der Waals surface area contributed by atoms with Gasteiger partial charge in [0.25, 0.3) is 0 Å². The molecule has 1 heterocycles. The number of carboxylic acids is 1. The second-order valence-corrected chi connectivity index (χ2v) is 7.42. The van der Waals surface area contributed by atoms with Gasteiger partial charge in [0.2, 0.25) is 5.91 Å². The minimum atomic E-state index is -0.920. The average molecular weight is 343 g/mol. The van der Waals surface area contributed by atoms with E-state index >= 15 is 0 Å². The monoisotopic (exact) mass is 343 g/mol. The third-order valence-corrected chi connectivity index (χ3v) is 5.75. The lowest BCUT2D eigenvalue weighted by Crippen LogP contribution is -2.32. The zero-order chi connectivity index (χ0) is 16.9. The van der Waals surface area contributed by atoms with Gasteiger partial charge in [-0.25, -0.2) is 4.79 Å². The summed E-state index contributed by atoms with van der Waals surface area (Å²) < 4.78 is 0. The van der Waals surface area contributed by atoms with Gasteiger partial charge in [-0.2, -0.15) is 0 Å². The fourth-order valence-corrected chi connectivity index (χ4v) is 4.11. The number of carbonyl (C=O) groups is 2. The average Bonchev–Trinajstić information content (AvgIpc) is 3.10. The lowest BCUT2D eigenvalue weighted by molar-refractivity contribution is -0.126. The quantitative estimate of drug-likeness (QED) is 0.861. The summed E-state index contributed by atoms with van der Waals surface area (Å²) in [6, 6.07) is 13.9. The highest BCUT2D eigenvalue weighted by Gasteiger charge is 2.26. The van der Waals surface area contributed by atoms with Crippen molar-refractivity contribution in [3.05, 3.63) is 57.8 Å². The Kier molecular flexibility index (Phi) is 5.30. The van der Waals surface area contributed by atoms with Crippen LogP contribution in [0, 0.1) is 5.92 Å². The van der Waals surface area contributed by atoms with Crippen LogP contribution >= 0.6 is 11.3 Å². The first kappa shape index (κ1) is 16.7. The molecule has 1 aromatic carbocycles. The topological polar surface area (TPSA) is 66.4 Å². The maximum absolute atomic E-state index is 12.3. The van der Waals surface area contributed by atoms with Crippen molar-refractivity contribution in [1.82, 2.24) is 5.32 Å². The number of thiophene rings is 1. The molecule has 4 nitrogen and oxygen atoms in total. The number of carboxylic acid groups (broad SMARTS) is 1. The number of nitrogens with one attached hydrogen (secondary N) is 1. The lowest BCUT2D eigenvalue weighted by atomic mass is 9.78. The number of benzene rings is 1. The van der Waals surface area contributed by atoms with Crippen molar-refractivity contribution < 1.29 is 14.7 Å². The van der Waals surface area contributed by atoms with E-state index in [4.69, 9.17) is 5.11 Å². The van der Waals surface area contributed by atoms with E-state index in [1.807, 2.05) is 6.07 Å². The third-order valence-electron chi connectivity index (χ3n) is 4.68. The van der Waals surface area contributed by atoms with Crippen LogP contribution in [0.1, 0.15) is 51.7 Å². The molecule has 1 fully saturated rings. The molecule has 1 aliphatic rings. The summed E-state index contributed by atoms with van der Waals surface area (Å²) in [5, 5.41) is 11.9. The molecule has 2 N–H and O–H groups in total. The van der Waals surface area contributed by atoms with Gasteiger partial charge in [0.15, 0.2) is 0 Å². The van der Waals surface area contributed by atoms with Crippen LogP contribution in [-0.4, -0.2) is 17.0 Å². The van der Waals surface area contributed by atoms with E-state index in [0.29, 0.717) is 17.3 Å². The minimum Gasteiger partial charge on any atom is -0.477 e. The number of carbonyl (C=O) groups excluding carboxylic acids is 1. The molecule has 1 amide bonds. The number of aromatic carboxylic acids is 1. The Morgan fingerprint density at radius 3 is 2.38 bits per heavy atom. The Morgan fingerprint density at radius 2 is 1.75 bits per heavy atom. The maximum Gasteiger partial charge on any atom is 0.345 e. The van der Waals surface area contributed by atoms with Crippen molar-refractivity contribution in [2.24, 2.45) is 5.92 Å². The molecule has 0 bridgehead atoms. The molecular formula is C19H21NO3S. The largest absolute Gasteiger partial charge is 0.477 e. The molecule has 0 spiro atoms. The molecule has 24 heavy (non-hydrogen) atoms. The van der Waals surface area contributed by atoms with Crippen LogP contribution in [0.5, 0.6) is 0 Å². The Balaban J connectivity index is 1.47. The molecule has 5 heteroatoms. The number of amides is 1. The van der Waals surface area contributed by atoms with Gasteiger partial charge in [-0.1, -0.05) is 30.3 Å². The molecule has 1 aromatic heterocycles. The molecule has 0 aliphatic heterocycles. The van der Waals surface area contributed by atoms with Crippen LogP contribution in [-0.2, 0) is 11.3 Å². The van der Waals surface area contributed by atoms with Gasteiger partial charge in [-0.05, 0) is 49.3 Å². The lowest BCUT2D eigenvalue weighted by Gasteiger charge is -2.28. The third kappa shape index (κ3) is 4.03. The van der Waals surface area contributed by atoms with Gasteiger partial charge < -0.3 is 10.4 Å². The van der Waals surface area contributed by atoms with E-state index in [-0.39, 0.29) is 11.8 Å². The summed E-state index contributed by atoms with van der Waals surface area (Å²) in [5.74, 6) is -0.196. The van der Waals surface area contributed by atoms with Crippen molar-refractivity contribution in [2.75, 3.05) is 0 Å². The van der Waals surface area contributed by atoms with E-state index in [0.717, 1.165) is 30.6 Å². The highest BCUT2D eigenvalue weighted by molar-refractivity contribution is 7.13. The molecule has 2 aromatic rings. The summed E-state index contributed by atoms with van der Waals surface area (Å²) in [6.07, 6.45) is 3.92. The van der Waals surface area contributed by atoms with E-state index in [9.17, 15) is 9.59 Å². The van der Waals surface area contributed by atoms with Gasteiger partial charge in [0, 0.05) is 10.8 Å². The number of hydrogen-bond acceptors (Lipinski definition) is 3. The molecule has 0 unspecified atom stereocenters. The van der Waals surface area contributed by atoms with Crippen LogP contribution < -0.4 is 5.32 Å². The Hall–Kier alpha value is -2.14. The van der Waals surface area contributed by atoms with Crippen molar-refractivity contribution in [1.29, 1.82) is 0 Å². The van der Waals surface area contributed by atoms with E-state index < -0.39 is 5.97 Å². The smallest absolute Gasteiger partial charge is 0.345 e. The van der Waals surface area contributed by atoms with Crippen LogP contribution in [0.25, 0.3) is 0 Å². The van der Waals surface area contributed by atoms with Crippen molar-refractivity contribution in [3.8, 4) is 0 Å². The minimum absolute atomic E-state index is 0.0730. The normalized spacial score (nSPS) is 20.5. The van der Waals surface area contributed by atoms with E-state index in [1.54, 1.807) is 12.1 Å².